The monoisotopic (exact) mass is 175 g/mol. The maximum absolute atomic E-state index is 2.41. The van der Waals surface area contributed by atoms with E-state index in [1.54, 1.807) is 5.57 Å². The molecule has 1 unspecified atom stereocenters. The van der Waals surface area contributed by atoms with Gasteiger partial charge < -0.3 is 0 Å². The Hall–Kier alpha value is 0.697. The van der Waals surface area contributed by atoms with Crippen LogP contribution in [0.25, 0.3) is 0 Å². The molecule has 1 aliphatic carbocycles. The van der Waals surface area contributed by atoms with Crippen molar-refractivity contribution in [1.29, 1.82) is 0 Å². The van der Waals surface area contributed by atoms with Gasteiger partial charge in [-0.3, -0.25) is 0 Å². The van der Waals surface area contributed by atoms with Gasteiger partial charge in [-0.1, -0.05) is 24.1 Å². The second-order valence-corrected chi connectivity index (χ2v) is 5.88. The molecule has 0 bridgehead atoms. The molecule has 0 aliphatic heterocycles. The Balaban J connectivity index is 0.000001000. The largest absolute Gasteiger partial charge is 0.0751 e. The van der Waals surface area contributed by atoms with Crippen molar-refractivity contribution in [3.63, 3.8) is 0 Å². The second kappa shape index (κ2) is 3.61. The molecule has 1 rings (SSSR count). The van der Waals surface area contributed by atoms with Crippen LogP contribution in [-0.2, 0) is 0 Å². The molecular weight excluding hydrogens is 159 g/mol. The van der Waals surface area contributed by atoms with Gasteiger partial charge in [-0.25, -0.2) is 0 Å². The van der Waals surface area contributed by atoms with Gasteiger partial charge in [0.05, 0.1) is 0 Å². The van der Waals surface area contributed by atoms with Gasteiger partial charge in [0.25, 0.3) is 0 Å². The van der Waals surface area contributed by atoms with E-state index in [1.165, 1.54) is 21.4 Å². The SMILES string of the molecule is CC1=CC(C)([SiH3])C(C)=C1C.[Na]. The second-order valence-electron chi connectivity index (χ2n) is 3.80. The molecule has 0 spiro atoms. The van der Waals surface area contributed by atoms with Crippen molar-refractivity contribution in [3.05, 3.63) is 22.8 Å². The third-order valence-electron chi connectivity index (χ3n) is 2.70. The Labute approximate surface area is 94.9 Å². The first kappa shape index (κ1) is 11.7. The van der Waals surface area contributed by atoms with Gasteiger partial charge in [0.2, 0.25) is 0 Å². The number of rotatable bonds is 0. The summed E-state index contributed by atoms with van der Waals surface area (Å²) in [5.74, 6) is 0. The molecule has 0 fully saturated rings. The van der Waals surface area contributed by atoms with E-state index in [4.69, 9.17) is 0 Å². The summed E-state index contributed by atoms with van der Waals surface area (Å²) in [6.45, 7) is 9.02. The van der Waals surface area contributed by atoms with Crippen molar-refractivity contribution in [2.24, 2.45) is 0 Å². The van der Waals surface area contributed by atoms with E-state index in [0.29, 0.717) is 5.04 Å². The van der Waals surface area contributed by atoms with Crippen molar-refractivity contribution >= 4 is 39.8 Å². The van der Waals surface area contributed by atoms with Crippen LogP contribution in [0.15, 0.2) is 22.8 Å². The number of hydrogen-bond donors (Lipinski definition) is 0. The van der Waals surface area contributed by atoms with E-state index in [-0.39, 0.29) is 29.6 Å². The summed E-state index contributed by atoms with van der Waals surface area (Å²) >= 11 is 0. The molecule has 0 aromatic rings. The van der Waals surface area contributed by atoms with Crippen LogP contribution in [0.5, 0.6) is 0 Å². The van der Waals surface area contributed by atoms with Crippen LogP contribution in [-0.4, -0.2) is 39.8 Å². The average Bonchev–Trinajstić information content (AvgIpc) is 1.95. The zero-order chi connectivity index (χ0) is 7.94. The summed E-state index contributed by atoms with van der Waals surface area (Å²) in [5.41, 5.74) is 4.57. The molecule has 0 saturated heterocycles. The Morgan fingerprint density at radius 1 is 1.27 bits per heavy atom. The van der Waals surface area contributed by atoms with Gasteiger partial charge in [0.1, 0.15) is 0 Å². The fourth-order valence-electron chi connectivity index (χ4n) is 1.54. The Kier molecular flexibility index (Phi) is 3.84. The van der Waals surface area contributed by atoms with Gasteiger partial charge in [-0.15, -0.1) is 0 Å². The molecule has 2 heteroatoms. The molecule has 1 atom stereocenters. The van der Waals surface area contributed by atoms with Crippen LogP contribution in [0.4, 0.5) is 0 Å². The van der Waals surface area contributed by atoms with Crippen LogP contribution in [0.2, 0.25) is 5.04 Å². The zero-order valence-electron chi connectivity index (χ0n) is 8.58. The van der Waals surface area contributed by atoms with Gasteiger partial charge in [-0.05, 0) is 31.4 Å². The van der Waals surface area contributed by atoms with E-state index in [9.17, 15) is 0 Å². The Bertz CT molecular complexity index is 224. The average molecular weight is 175 g/mol. The minimum Gasteiger partial charge on any atom is -0.0751 e. The molecule has 0 N–H and O–H groups in total. The van der Waals surface area contributed by atoms with Gasteiger partial charge in [0, 0.05) is 39.8 Å². The molecule has 1 radical (unpaired) electrons. The third kappa shape index (κ3) is 2.09. The van der Waals surface area contributed by atoms with Crippen LogP contribution < -0.4 is 0 Å². The molecule has 11 heavy (non-hydrogen) atoms. The fourth-order valence-corrected chi connectivity index (χ4v) is 2.34. The minimum atomic E-state index is 0. The Morgan fingerprint density at radius 2 is 1.73 bits per heavy atom. The third-order valence-corrected chi connectivity index (χ3v) is 3.74. The van der Waals surface area contributed by atoms with Crippen LogP contribution in [0.1, 0.15) is 27.7 Å². The van der Waals surface area contributed by atoms with Crippen molar-refractivity contribution in [1.82, 2.24) is 0 Å². The van der Waals surface area contributed by atoms with E-state index >= 15 is 0 Å². The maximum Gasteiger partial charge on any atom is 0.0202 e. The minimum absolute atomic E-state index is 0. The summed E-state index contributed by atoms with van der Waals surface area (Å²) < 4.78 is 0. The molecule has 1 aliphatic rings. The van der Waals surface area contributed by atoms with Gasteiger partial charge >= 0.3 is 0 Å². The topological polar surface area (TPSA) is 0 Å². The maximum atomic E-state index is 2.41. The smallest absolute Gasteiger partial charge is 0.0202 e. The Morgan fingerprint density at radius 3 is 1.82 bits per heavy atom. The van der Waals surface area contributed by atoms with E-state index < -0.39 is 0 Å². The molecule has 0 nitrogen and oxygen atoms in total. The first-order valence-electron chi connectivity index (χ1n) is 3.83. The van der Waals surface area contributed by atoms with Crippen molar-refractivity contribution < 1.29 is 0 Å². The van der Waals surface area contributed by atoms with Crippen molar-refractivity contribution in [3.8, 4) is 0 Å². The normalized spacial score (nSPS) is 30.4. The van der Waals surface area contributed by atoms with Crippen molar-refractivity contribution in [2.45, 2.75) is 32.7 Å². The summed E-state index contributed by atoms with van der Waals surface area (Å²) in [6, 6.07) is 0. The first-order valence-corrected chi connectivity index (χ1v) is 4.83. The van der Waals surface area contributed by atoms with Crippen LogP contribution in [0, 0.1) is 0 Å². The first-order chi connectivity index (χ1) is 4.45. The predicted octanol–water partition coefficient (Wildman–Crippen LogP) is 1.45. The molecule has 0 saturated carbocycles. The summed E-state index contributed by atoms with van der Waals surface area (Å²) in [7, 11) is 1.24. The van der Waals surface area contributed by atoms with Crippen molar-refractivity contribution in [2.75, 3.05) is 0 Å². The van der Waals surface area contributed by atoms with Gasteiger partial charge in [0.15, 0.2) is 0 Å². The predicted molar refractivity (Wildman–Crippen MR) is 56.2 cm³/mol. The van der Waals surface area contributed by atoms with E-state index in [1.807, 2.05) is 0 Å². The molecule has 57 valence electrons. The molecule has 0 aromatic heterocycles. The number of hydrogen-bond acceptors (Lipinski definition) is 0. The molecular formula is C9H16NaSi. The quantitative estimate of drug-likeness (QED) is 0.489. The molecule has 0 heterocycles. The van der Waals surface area contributed by atoms with E-state index in [2.05, 4.69) is 33.8 Å². The summed E-state index contributed by atoms with van der Waals surface area (Å²) in [4.78, 5) is 0. The van der Waals surface area contributed by atoms with Gasteiger partial charge in [-0.2, -0.15) is 0 Å². The standard InChI is InChI=1S/C9H16Si.Na/c1-6-5-9(4,10)8(3)7(6)2;/h5H,1-4,10H3;. The van der Waals surface area contributed by atoms with Crippen LogP contribution >= 0.6 is 0 Å². The summed E-state index contributed by atoms with van der Waals surface area (Å²) in [6.07, 6.45) is 2.41. The molecule has 0 aromatic carbocycles. The van der Waals surface area contributed by atoms with E-state index in [0.717, 1.165) is 0 Å². The number of allylic oxidation sites excluding steroid dienone is 4. The van der Waals surface area contributed by atoms with Crippen LogP contribution in [0.3, 0.4) is 0 Å². The molecule has 0 amide bonds. The zero-order valence-corrected chi connectivity index (χ0v) is 12.6. The summed E-state index contributed by atoms with van der Waals surface area (Å²) in [5, 5.41) is 0.453. The fraction of sp³-hybridized carbons (Fsp3) is 0.556.